The topological polar surface area (TPSA) is 29.1 Å². The second-order valence-electron chi connectivity index (χ2n) is 5.29. The molecular weight excluding hydrogens is 278 g/mol. The molecule has 2 rings (SSSR count). The molecule has 0 aliphatic rings. The van der Waals surface area contributed by atoms with Crippen LogP contribution in [0, 0.1) is 0 Å². The molecule has 0 aliphatic heterocycles. The average molecular weight is 299 g/mol. The van der Waals surface area contributed by atoms with Crippen LogP contribution in [-0.4, -0.2) is 12.5 Å². The van der Waals surface area contributed by atoms with E-state index in [9.17, 15) is 4.79 Å². The summed E-state index contributed by atoms with van der Waals surface area (Å²) >= 11 is 1.62. The first-order valence-corrected chi connectivity index (χ1v) is 8.11. The molecule has 0 spiro atoms. The largest absolute Gasteiger partial charge is 0.352 e. The smallest absolute Gasteiger partial charge is 0.244 e. The van der Waals surface area contributed by atoms with Crippen molar-refractivity contribution in [3.63, 3.8) is 0 Å². The molecule has 0 saturated heterocycles. The fourth-order valence-corrected chi connectivity index (χ4v) is 2.62. The molecule has 110 valence electrons. The van der Waals surface area contributed by atoms with Gasteiger partial charge in [0.15, 0.2) is 0 Å². The summed E-state index contributed by atoms with van der Waals surface area (Å²) in [5.41, 5.74) is 2.60. The Morgan fingerprint density at radius 3 is 2.62 bits per heavy atom. The Morgan fingerprint density at radius 2 is 2.00 bits per heavy atom. The van der Waals surface area contributed by atoms with Gasteiger partial charge in [0.1, 0.15) is 0 Å². The third kappa shape index (κ3) is 5.20. The second kappa shape index (κ2) is 7.79. The molecule has 0 atom stereocenters. The first kappa shape index (κ1) is 15.5. The molecule has 0 unspecified atom stereocenters. The van der Waals surface area contributed by atoms with E-state index in [0.29, 0.717) is 12.5 Å². The Hall–Kier alpha value is -1.87. The van der Waals surface area contributed by atoms with Gasteiger partial charge in [-0.1, -0.05) is 44.2 Å². The van der Waals surface area contributed by atoms with E-state index in [-0.39, 0.29) is 5.91 Å². The van der Waals surface area contributed by atoms with Crippen molar-refractivity contribution < 1.29 is 4.79 Å². The molecule has 0 saturated carbocycles. The lowest BCUT2D eigenvalue weighted by atomic mass is 10.0. The molecule has 21 heavy (non-hydrogen) atoms. The van der Waals surface area contributed by atoms with E-state index in [0.717, 1.165) is 11.3 Å². The fourth-order valence-electron chi connectivity index (χ4n) is 2.00. The van der Waals surface area contributed by atoms with Gasteiger partial charge in [0.05, 0.1) is 0 Å². The van der Waals surface area contributed by atoms with Gasteiger partial charge in [0.2, 0.25) is 5.91 Å². The van der Waals surface area contributed by atoms with Gasteiger partial charge in [-0.25, -0.2) is 0 Å². The Labute approximate surface area is 130 Å². The Kier molecular flexibility index (Phi) is 5.76. The minimum atomic E-state index is -0.0396. The van der Waals surface area contributed by atoms with Crippen molar-refractivity contribution in [2.75, 3.05) is 6.54 Å². The van der Waals surface area contributed by atoms with E-state index in [4.69, 9.17) is 0 Å². The number of carbonyl (C=O) groups excluding carboxylic acids is 1. The van der Waals surface area contributed by atoms with Crippen LogP contribution in [-0.2, 0) is 11.2 Å². The lowest BCUT2D eigenvalue weighted by Crippen LogP contribution is -2.23. The summed E-state index contributed by atoms with van der Waals surface area (Å²) in [7, 11) is 0. The summed E-state index contributed by atoms with van der Waals surface area (Å²) in [5, 5.41) is 4.91. The molecule has 1 heterocycles. The molecule has 0 radical (unpaired) electrons. The van der Waals surface area contributed by atoms with Gasteiger partial charge in [-0.05, 0) is 41.0 Å². The zero-order valence-electron chi connectivity index (χ0n) is 12.5. The van der Waals surface area contributed by atoms with E-state index in [2.05, 4.69) is 43.4 Å². The van der Waals surface area contributed by atoms with Crippen LogP contribution in [0.1, 0.15) is 35.8 Å². The molecule has 0 fully saturated rings. The number of carbonyl (C=O) groups is 1. The zero-order valence-corrected chi connectivity index (χ0v) is 13.3. The van der Waals surface area contributed by atoms with E-state index in [1.54, 1.807) is 17.4 Å². The zero-order chi connectivity index (χ0) is 15.1. The summed E-state index contributed by atoms with van der Waals surface area (Å²) in [5.74, 6) is 0.517. The van der Waals surface area contributed by atoms with Crippen molar-refractivity contribution >= 4 is 23.3 Å². The van der Waals surface area contributed by atoms with Crippen LogP contribution in [0.3, 0.4) is 0 Å². The van der Waals surface area contributed by atoms with Crippen molar-refractivity contribution in [3.05, 3.63) is 63.9 Å². The molecule has 1 aromatic carbocycles. The first-order valence-electron chi connectivity index (χ1n) is 7.23. The van der Waals surface area contributed by atoms with E-state index >= 15 is 0 Å². The Balaban J connectivity index is 1.74. The van der Waals surface area contributed by atoms with Crippen LogP contribution in [0.25, 0.3) is 6.08 Å². The standard InChI is InChI=1S/C18H21NOS/c1-14(2)16-7-5-15(6-8-16)11-12-19-18(20)10-9-17-4-3-13-21-17/h3-10,13-14H,11-12H2,1-2H3,(H,19,20). The maximum absolute atomic E-state index is 11.7. The highest BCUT2D eigenvalue weighted by Crippen LogP contribution is 2.14. The summed E-state index contributed by atoms with van der Waals surface area (Å²) in [6.45, 7) is 5.04. The highest BCUT2D eigenvalue weighted by Gasteiger charge is 2.00. The van der Waals surface area contributed by atoms with Crippen LogP contribution in [0.5, 0.6) is 0 Å². The maximum Gasteiger partial charge on any atom is 0.244 e. The third-order valence-corrected chi connectivity index (χ3v) is 4.14. The van der Waals surface area contributed by atoms with Gasteiger partial charge in [0, 0.05) is 17.5 Å². The number of nitrogens with one attached hydrogen (secondary N) is 1. The van der Waals surface area contributed by atoms with Crippen molar-refractivity contribution in [1.29, 1.82) is 0 Å². The molecule has 2 nitrogen and oxygen atoms in total. The quantitative estimate of drug-likeness (QED) is 0.794. The predicted octanol–water partition coefficient (Wildman–Crippen LogP) is 4.24. The monoisotopic (exact) mass is 299 g/mol. The molecule has 0 bridgehead atoms. The Morgan fingerprint density at radius 1 is 1.24 bits per heavy atom. The number of thiophene rings is 1. The van der Waals surface area contributed by atoms with Gasteiger partial charge >= 0.3 is 0 Å². The normalized spacial score (nSPS) is 11.2. The molecule has 3 heteroatoms. The van der Waals surface area contributed by atoms with Crippen molar-refractivity contribution in [3.8, 4) is 0 Å². The third-order valence-electron chi connectivity index (χ3n) is 3.30. The van der Waals surface area contributed by atoms with E-state index in [1.165, 1.54) is 11.1 Å². The average Bonchev–Trinajstić information content (AvgIpc) is 2.99. The summed E-state index contributed by atoms with van der Waals surface area (Å²) in [4.78, 5) is 12.8. The maximum atomic E-state index is 11.7. The molecule has 0 aliphatic carbocycles. The van der Waals surface area contributed by atoms with Crippen LogP contribution < -0.4 is 5.32 Å². The van der Waals surface area contributed by atoms with Crippen molar-refractivity contribution in [1.82, 2.24) is 5.32 Å². The Bertz CT molecular complexity index is 582. The van der Waals surface area contributed by atoms with Crippen molar-refractivity contribution in [2.24, 2.45) is 0 Å². The first-order chi connectivity index (χ1) is 10.1. The number of hydrogen-bond acceptors (Lipinski definition) is 2. The van der Waals surface area contributed by atoms with Gasteiger partial charge in [-0.15, -0.1) is 11.3 Å². The number of hydrogen-bond donors (Lipinski definition) is 1. The molecule has 1 N–H and O–H groups in total. The fraction of sp³-hybridized carbons (Fsp3) is 0.278. The van der Waals surface area contributed by atoms with Crippen molar-refractivity contribution in [2.45, 2.75) is 26.2 Å². The minimum Gasteiger partial charge on any atom is -0.352 e. The summed E-state index contributed by atoms with van der Waals surface area (Å²) in [6, 6.07) is 12.6. The van der Waals surface area contributed by atoms with Crippen LogP contribution in [0.2, 0.25) is 0 Å². The lowest BCUT2D eigenvalue weighted by molar-refractivity contribution is -0.116. The SMILES string of the molecule is CC(C)c1ccc(CCNC(=O)C=Cc2cccs2)cc1. The van der Waals surface area contributed by atoms with Gasteiger partial charge < -0.3 is 5.32 Å². The molecule has 1 amide bonds. The number of benzene rings is 1. The van der Waals surface area contributed by atoms with E-state index in [1.807, 2.05) is 23.6 Å². The molecular formula is C18H21NOS. The van der Waals surface area contributed by atoms with Crippen LogP contribution in [0.4, 0.5) is 0 Å². The lowest BCUT2D eigenvalue weighted by Gasteiger charge is -2.07. The summed E-state index contributed by atoms with van der Waals surface area (Å²) < 4.78 is 0. The number of rotatable bonds is 6. The van der Waals surface area contributed by atoms with Gasteiger partial charge in [0.25, 0.3) is 0 Å². The highest BCUT2D eigenvalue weighted by molar-refractivity contribution is 7.10. The van der Waals surface area contributed by atoms with Crippen LogP contribution in [0.15, 0.2) is 47.9 Å². The molecule has 2 aromatic rings. The minimum absolute atomic E-state index is 0.0396. The molecule has 1 aromatic heterocycles. The van der Waals surface area contributed by atoms with Crippen LogP contribution >= 0.6 is 11.3 Å². The summed E-state index contributed by atoms with van der Waals surface area (Å²) in [6.07, 6.45) is 4.29. The van der Waals surface area contributed by atoms with E-state index < -0.39 is 0 Å². The second-order valence-corrected chi connectivity index (χ2v) is 6.27. The van der Waals surface area contributed by atoms with Gasteiger partial charge in [-0.2, -0.15) is 0 Å². The van der Waals surface area contributed by atoms with Gasteiger partial charge in [-0.3, -0.25) is 4.79 Å². The highest BCUT2D eigenvalue weighted by atomic mass is 32.1. The number of amides is 1. The predicted molar refractivity (Wildman–Crippen MR) is 90.6 cm³/mol.